The molecule has 0 N–H and O–H groups in total. The van der Waals surface area contributed by atoms with Crippen molar-refractivity contribution in [1.29, 1.82) is 0 Å². The van der Waals surface area contributed by atoms with Crippen molar-refractivity contribution in [2.45, 2.75) is 18.9 Å². The summed E-state index contributed by atoms with van der Waals surface area (Å²) in [6.07, 6.45) is 0.999. The fraction of sp³-hybridized carbons (Fsp3) is 0.316. The molecule has 2 aromatic carbocycles. The molecule has 3 rings (SSSR count). The summed E-state index contributed by atoms with van der Waals surface area (Å²) >= 11 is 0. The van der Waals surface area contributed by atoms with Crippen LogP contribution >= 0.6 is 0 Å². The zero-order valence-electron chi connectivity index (χ0n) is 13.0. The summed E-state index contributed by atoms with van der Waals surface area (Å²) in [4.78, 5) is 14.5. The third-order valence-corrected chi connectivity index (χ3v) is 4.11. The standard InChI is InChI=1S/C19H20FNO2/c20-17-8-4-7-16(11-17)13-19(22)21-9-10-23-14-18(21)12-15-5-2-1-3-6-15/h1-8,11,18H,9-10,12-14H2. The lowest BCUT2D eigenvalue weighted by Gasteiger charge is -2.36. The first-order chi connectivity index (χ1) is 11.2. The molecule has 0 saturated carbocycles. The first-order valence-electron chi connectivity index (χ1n) is 7.88. The van der Waals surface area contributed by atoms with Crippen LogP contribution < -0.4 is 0 Å². The van der Waals surface area contributed by atoms with Gasteiger partial charge in [0.25, 0.3) is 0 Å². The monoisotopic (exact) mass is 313 g/mol. The van der Waals surface area contributed by atoms with Crippen LogP contribution in [-0.2, 0) is 22.4 Å². The number of hydrogen-bond acceptors (Lipinski definition) is 2. The summed E-state index contributed by atoms with van der Waals surface area (Å²) in [5, 5.41) is 0. The van der Waals surface area contributed by atoms with E-state index < -0.39 is 0 Å². The highest BCUT2D eigenvalue weighted by atomic mass is 19.1. The fourth-order valence-electron chi connectivity index (χ4n) is 2.96. The molecule has 0 aliphatic carbocycles. The highest BCUT2D eigenvalue weighted by Crippen LogP contribution is 2.15. The number of carbonyl (C=O) groups excluding carboxylic acids is 1. The van der Waals surface area contributed by atoms with Crippen molar-refractivity contribution in [2.75, 3.05) is 19.8 Å². The van der Waals surface area contributed by atoms with Crippen LogP contribution in [0.1, 0.15) is 11.1 Å². The fourth-order valence-corrected chi connectivity index (χ4v) is 2.96. The van der Waals surface area contributed by atoms with Crippen molar-refractivity contribution in [1.82, 2.24) is 4.90 Å². The van der Waals surface area contributed by atoms with Crippen LogP contribution in [0.3, 0.4) is 0 Å². The van der Waals surface area contributed by atoms with Gasteiger partial charge in [-0.05, 0) is 29.7 Å². The van der Waals surface area contributed by atoms with Crippen molar-refractivity contribution in [3.63, 3.8) is 0 Å². The lowest BCUT2D eigenvalue weighted by Crippen LogP contribution is -2.50. The van der Waals surface area contributed by atoms with Gasteiger partial charge in [-0.25, -0.2) is 4.39 Å². The Labute approximate surface area is 135 Å². The maximum atomic E-state index is 13.3. The van der Waals surface area contributed by atoms with E-state index in [1.54, 1.807) is 12.1 Å². The summed E-state index contributed by atoms with van der Waals surface area (Å²) in [5.74, 6) is -0.280. The lowest BCUT2D eigenvalue weighted by atomic mass is 10.0. The van der Waals surface area contributed by atoms with Crippen molar-refractivity contribution < 1.29 is 13.9 Å². The van der Waals surface area contributed by atoms with Crippen LogP contribution in [0.4, 0.5) is 4.39 Å². The molecule has 120 valence electrons. The molecule has 0 spiro atoms. The topological polar surface area (TPSA) is 29.5 Å². The maximum Gasteiger partial charge on any atom is 0.227 e. The van der Waals surface area contributed by atoms with E-state index in [2.05, 4.69) is 12.1 Å². The third-order valence-electron chi connectivity index (χ3n) is 4.11. The Hall–Kier alpha value is -2.20. The molecule has 2 aromatic rings. The van der Waals surface area contributed by atoms with Gasteiger partial charge in [0.2, 0.25) is 5.91 Å². The van der Waals surface area contributed by atoms with Crippen molar-refractivity contribution >= 4 is 5.91 Å². The molecule has 1 fully saturated rings. The van der Waals surface area contributed by atoms with Gasteiger partial charge in [0, 0.05) is 6.54 Å². The summed E-state index contributed by atoms with van der Waals surface area (Å²) in [5.41, 5.74) is 1.89. The molecule has 4 heteroatoms. The highest BCUT2D eigenvalue weighted by molar-refractivity contribution is 5.79. The van der Waals surface area contributed by atoms with Gasteiger partial charge in [-0.1, -0.05) is 42.5 Å². The number of rotatable bonds is 4. The molecule has 0 bridgehead atoms. The first kappa shape index (κ1) is 15.7. The molecule has 1 aliphatic rings. The molecule has 1 unspecified atom stereocenters. The van der Waals surface area contributed by atoms with E-state index in [1.807, 2.05) is 23.1 Å². The third kappa shape index (κ3) is 4.17. The maximum absolute atomic E-state index is 13.3. The molecular weight excluding hydrogens is 293 g/mol. The molecule has 0 radical (unpaired) electrons. The number of hydrogen-bond donors (Lipinski definition) is 0. The number of carbonyl (C=O) groups is 1. The minimum absolute atomic E-state index is 0.0276. The van der Waals surface area contributed by atoms with E-state index in [1.165, 1.54) is 17.7 Å². The Morgan fingerprint density at radius 3 is 2.70 bits per heavy atom. The van der Waals surface area contributed by atoms with Crippen molar-refractivity contribution in [3.8, 4) is 0 Å². The zero-order valence-corrected chi connectivity index (χ0v) is 13.0. The summed E-state index contributed by atoms with van der Waals surface area (Å²) in [7, 11) is 0. The van der Waals surface area contributed by atoms with Gasteiger partial charge >= 0.3 is 0 Å². The Bertz CT molecular complexity index is 659. The van der Waals surface area contributed by atoms with Gasteiger partial charge < -0.3 is 9.64 Å². The second kappa shape index (κ2) is 7.38. The second-order valence-corrected chi connectivity index (χ2v) is 5.81. The van der Waals surface area contributed by atoms with Gasteiger partial charge in [-0.3, -0.25) is 4.79 Å². The number of ether oxygens (including phenoxy) is 1. The van der Waals surface area contributed by atoms with Crippen LogP contribution in [-0.4, -0.2) is 36.6 Å². The highest BCUT2D eigenvalue weighted by Gasteiger charge is 2.27. The molecule has 3 nitrogen and oxygen atoms in total. The zero-order chi connectivity index (χ0) is 16.1. The normalized spacial score (nSPS) is 18.0. The van der Waals surface area contributed by atoms with Crippen LogP contribution in [0, 0.1) is 5.82 Å². The van der Waals surface area contributed by atoms with Gasteiger partial charge in [0.15, 0.2) is 0 Å². The van der Waals surface area contributed by atoms with E-state index in [4.69, 9.17) is 4.74 Å². The molecule has 1 aliphatic heterocycles. The Kier molecular flexibility index (Phi) is 5.03. The van der Waals surface area contributed by atoms with E-state index in [-0.39, 0.29) is 24.2 Å². The average molecular weight is 313 g/mol. The van der Waals surface area contributed by atoms with E-state index in [9.17, 15) is 9.18 Å². The van der Waals surface area contributed by atoms with E-state index in [0.29, 0.717) is 25.3 Å². The van der Waals surface area contributed by atoms with E-state index >= 15 is 0 Å². The molecule has 0 aromatic heterocycles. The van der Waals surface area contributed by atoms with E-state index in [0.717, 1.165) is 6.42 Å². The molecule has 1 heterocycles. The van der Waals surface area contributed by atoms with Crippen LogP contribution in [0.2, 0.25) is 0 Å². The number of benzene rings is 2. The summed E-state index contributed by atoms with van der Waals surface area (Å²) in [6.45, 7) is 1.69. The number of morpholine rings is 1. The van der Waals surface area contributed by atoms with Gasteiger partial charge in [0.1, 0.15) is 5.82 Å². The minimum Gasteiger partial charge on any atom is -0.377 e. The summed E-state index contributed by atoms with van der Waals surface area (Å²) < 4.78 is 18.8. The van der Waals surface area contributed by atoms with Crippen LogP contribution in [0.15, 0.2) is 54.6 Å². The Morgan fingerprint density at radius 1 is 1.13 bits per heavy atom. The number of nitrogens with zero attached hydrogens (tertiary/aromatic N) is 1. The molecule has 1 atom stereocenters. The van der Waals surface area contributed by atoms with Crippen LogP contribution in [0.25, 0.3) is 0 Å². The number of amides is 1. The second-order valence-electron chi connectivity index (χ2n) is 5.81. The Balaban J connectivity index is 1.69. The first-order valence-corrected chi connectivity index (χ1v) is 7.88. The SMILES string of the molecule is O=C(Cc1cccc(F)c1)N1CCOCC1Cc1ccccc1. The minimum atomic E-state index is -0.307. The molecule has 1 saturated heterocycles. The number of halogens is 1. The Morgan fingerprint density at radius 2 is 1.91 bits per heavy atom. The predicted octanol–water partition coefficient (Wildman–Crippen LogP) is 2.84. The largest absolute Gasteiger partial charge is 0.377 e. The van der Waals surface area contributed by atoms with Gasteiger partial charge in [-0.2, -0.15) is 0 Å². The summed E-state index contributed by atoms with van der Waals surface area (Å²) in [6, 6.07) is 16.4. The predicted molar refractivity (Wildman–Crippen MR) is 86.6 cm³/mol. The smallest absolute Gasteiger partial charge is 0.227 e. The average Bonchev–Trinajstić information content (AvgIpc) is 2.56. The quantitative estimate of drug-likeness (QED) is 0.869. The molecule has 23 heavy (non-hydrogen) atoms. The van der Waals surface area contributed by atoms with Gasteiger partial charge in [0.05, 0.1) is 25.7 Å². The molecular formula is C19H20FNO2. The van der Waals surface area contributed by atoms with Crippen molar-refractivity contribution in [3.05, 3.63) is 71.5 Å². The molecule has 1 amide bonds. The van der Waals surface area contributed by atoms with Crippen molar-refractivity contribution in [2.24, 2.45) is 0 Å². The van der Waals surface area contributed by atoms with Crippen LogP contribution in [0.5, 0.6) is 0 Å². The van der Waals surface area contributed by atoms with Gasteiger partial charge in [-0.15, -0.1) is 0 Å². The lowest BCUT2D eigenvalue weighted by molar-refractivity contribution is -0.139.